The van der Waals surface area contributed by atoms with Crippen LogP contribution >= 0.6 is 24.8 Å². The fraction of sp³-hybridized carbons (Fsp3) is 0.632. The maximum Gasteiger partial charge on any atom is 0.240 e. The zero-order chi connectivity index (χ0) is 16.1. The van der Waals surface area contributed by atoms with Gasteiger partial charge in [0, 0.05) is 13.1 Å². The summed E-state index contributed by atoms with van der Waals surface area (Å²) < 4.78 is 0. The molecule has 4 nitrogen and oxygen atoms in total. The van der Waals surface area contributed by atoms with Crippen LogP contribution in [0.2, 0.25) is 0 Å². The summed E-state index contributed by atoms with van der Waals surface area (Å²) in [4.78, 5) is 14.8. The molecule has 3 rings (SSSR count). The molecule has 1 aliphatic heterocycles. The number of rotatable bonds is 5. The Labute approximate surface area is 163 Å². The highest BCUT2D eigenvalue weighted by Crippen LogP contribution is 2.27. The second-order valence-electron chi connectivity index (χ2n) is 7.20. The number of nitrogens with one attached hydrogen (secondary N) is 1. The highest BCUT2D eigenvalue weighted by Gasteiger charge is 2.36. The monoisotopic (exact) mass is 387 g/mol. The molecular weight excluding hydrogens is 357 g/mol. The normalized spacial score (nSPS) is 19.6. The van der Waals surface area contributed by atoms with E-state index >= 15 is 0 Å². The van der Waals surface area contributed by atoms with Gasteiger partial charge in [-0.3, -0.25) is 9.69 Å². The first-order chi connectivity index (χ1) is 11.2. The van der Waals surface area contributed by atoms with E-state index in [1.165, 1.54) is 37.9 Å². The Hall–Kier alpha value is -0.810. The third kappa shape index (κ3) is 6.14. The van der Waals surface area contributed by atoms with Gasteiger partial charge in [-0.05, 0) is 49.9 Å². The molecule has 0 atom stereocenters. The largest absolute Gasteiger partial charge is 0.350 e. The van der Waals surface area contributed by atoms with E-state index < -0.39 is 5.54 Å². The average Bonchev–Trinajstić information content (AvgIpc) is 3.03. The molecule has 1 aromatic carbocycles. The van der Waals surface area contributed by atoms with Gasteiger partial charge in [0.1, 0.15) is 0 Å². The predicted octanol–water partition coefficient (Wildman–Crippen LogP) is 3.40. The van der Waals surface area contributed by atoms with Crippen molar-refractivity contribution in [2.45, 2.75) is 63.6 Å². The van der Waals surface area contributed by atoms with Gasteiger partial charge < -0.3 is 11.1 Å². The first-order valence-corrected chi connectivity index (χ1v) is 9.03. The van der Waals surface area contributed by atoms with Crippen LogP contribution < -0.4 is 11.1 Å². The Bertz CT molecular complexity index is 524. The molecule has 0 unspecified atom stereocenters. The van der Waals surface area contributed by atoms with Crippen LogP contribution in [0.3, 0.4) is 0 Å². The summed E-state index contributed by atoms with van der Waals surface area (Å²) >= 11 is 0. The number of carbonyl (C=O) groups is 1. The molecule has 142 valence electrons. The minimum absolute atomic E-state index is 0. The number of amides is 1. The van der Waals surface area contributed by atoms with Gasteiger partial charge in [-0.1, -0.05) is 43.5 Å². The quantitative estimate of drug-likeness (QED) is 0.813. The van der Waals surface area contributed by atoms with Gasteiger partial charge >= 0.3 is 0 Å². The van der Waals surface area contributed by atoms with Crippen LogP contribution in [0.4, 0.5) is 0 Å². The molecule has 1 aromatic rings. The van der Waals surface area contributed by atoms with Gasteiger partial charge in [-0.2, -0.15) is 0 Å². The fourth-order valence-corrected chi connectivity index (χ4v) is 3.73. The van der Waals surface area contributed by atoms with Crippen molar-refractivity contribution in [2.75, 3.05) is 13.1 Å². The molecule has 0 spiro atoms. The summed E-state index contributed by atoms with van der Waals surface area (Å²) in [6.45, 7) is 4.05. The Morgan fingerprint density at radius 3 is 2.12 bits per heavy atom. The molecule has 6 heteroatoms. The van der Waals surface area contributed by atoms with Crippen LogP contribution in [0.25, 0.3) is 0 Å². The minimum atomic E-state index is -0.631. The van der Waals surface area contributed by atoms with Crippen LogP contribution in [-0.4, -0.2) is 29.4 Å². The van der Waals surface area contributed by atoms with Gasteiger partial charge in [0.05, 0.1) is 5.54 Å². The number of nitrogens with two attached hydrogens (primary N) is 1. The molecule has 0 aromatic heterocycles. The third-order valence-electron chi connectivity index (χ3n) is 5.28. The predicted molar refractivity (Wildman–Crippen MR) is 107 cm³/mol. The second kappa shape index (κ2) is 10.4. The van der Waals surface area contributed by atoms with E-state index in [0.717, 1.165) is 37.8 Å². The van der Waals surface area contributed by atoms with Crippen LogP contribution in [-0.2, 0) is 17.9 Å². The molecule has 1 aliphatic carbocycles. The highest BCUT2D eigenvalue weighted by atomic mass is 35.5. The Kier molecular flexibility index (Phi) is 9.22. The van der Waals surface area contributed by atoms with Crippen molar-refractivity contribution in [1.82, 2.24) is 10.2 Å². The SMILES string of the molecule is Cl.Cl.NC1(C(=O)NCc2ccc(CN3CCCCC3)cc2)CCCC1. The molecule has 0 radical (unpaired) electrons. The number of halogens is 2. The molecule has 1 saturated heterocycles. The standard InChI is InChI=1S/C19H29N3O.2ClH/c20-19(10-2-3-11-19)18(23)21-14-16-6-8-17(9-7-16)15-22-12-4-1-5-13-22;;/h6-9H,1-5,10-15,20H2,(H,21,23);2*1H. The van der Waals surface area contributed by atoms with Gasteiger partial charge in [-0.25, -0.2) is 0 Å². The second-order valence-corrected chi connectivity index (χ2v) is 7.20. The average molecular weight is 388 g/mol. The van der Waals surface area contributed by atoms with Crippen molar-refractivity contribution >= 4 is 30.7 Å². The van der Waals surface area contributed by atoms with Crippen LogP contribution in [0, 0.1) is 0 Å². The number of nitrogens with zero attached hydrogens (tertiary/aromatic N) is 1. The lowest BCUT2D eigenvalue weighted by molar-refractivity contribution is -0.126. The van der Waals surface area contributed by atoms with Crippen molar-refractivity contribution in [1.29, 1.82) is 0 Å². The van der Waals surface area contributed by atoms with Crippen LogP contribution in [0.5, 0.6) is 0 Å². The van der Waals surface area contributed by atoms with E-state index in [1.54, 1.807) is 0 Å². The summed E-state index contributed by atoms with van der Waals surface area (Å²) in [6.07, 6.45) is 7.78. The summed E-state index contributed by atoms with van der Waals surface area (Å²) in [5.41, 5.74) is 8.04. The maximum absolute atomic E-state index is 12.2. The summed E-state index contributed by atoms with van der Waals surface area (Å²) in [5.74, 6) is 0.00685. The molecule has 2 aliphatic rings. The molecule has 1 saturated carbocycles. The van der Waals surface area contributed by atoms with Crippen molar-refractivity contribution in [3.05, 3.63) is 35.4 Å². The van der Waals surface area contributed by atoms with Crippen molar-refractivity contribution in [2.24, 2.45) is 5.73 Å². The fourth-order valence-electron chi connectivity index (χ4n) is 3.73. The van der Waals surface area contributed by atoms with Gasteiger partial charge in [0.2, 0.25) is 5.91 Å². The molecule has 1 amide bonds. The van der Waals surface area contributed by atoms with E-state index in [4.69, 9.17) is 5.73 Å². The van der Waals surface area contributed by atoms with E-state index in [-0.39, 0.29) is 30.7 Å². The molecule has 25 heavy (non-hydrogen) atoms. The van der Waals surface area contributed by atoms with Crippen LogP contribution in [0.1, 0.15) is 56.1 Å². The number of hydrogen-bond acceptors (Lipinski definition) is 3. The molecular formula is C19H31Cl2N3O. The maximum atomic E-state index is 12.2. The first-order valence-electron chi connectivity index (χ1n) is 9.03. The molecule has 0 bridgehead atoms. The zero-order valence-electron chi connectivity index (χ0n) is 14.8. The van der Waals surface area contributed by atoms with E-state index in [0.29, 0.717) is 6.54 Å². The topological polar surface area (TPSA) is 58.4 Å². The highest BCUT2D eigenvalue weighted by molar-refractivity contribution is 5.86. The van der Waals surface area contributed by atoms with Crippen molar-refractivity contribution in [3.63, 3.8) is 0 Å². The number of benzene rings is 1. The summed E-state index contributed by atoms with van der Waals surface area (Å²) in [7, 11) is 0. The smallest absolute Gasteiger partial charge is 0.240 e. The van der Waals surface area contributed by atoms with Crippen molar-refractivity contribution < 1.29 is 4.79 Å². The third-order valence-corrected chi connectivity index (χ3v) is 5.28. The van der Waals surface area contributed by atoms with Gasteiger partial charge in [0.15, 0.2) is 0 Å². The lowest BCUT2D eigenvalue weighted by Crippen LogP contribution is -2.51. The Morgan fingerprint density at radius 1 is 0.960 bits per heavy atom. The Balaban J connectivity index is 0.00000156. The molecule has 1 heterocycles. The summed E-state index contributed by atoms with van der Waals surface area (Å²) in [6, 6.07) is 8.61. The number of likely N-dealkylation sites (tertiary alicyclic amines) is 1. The lowest BCUT2D eigenvalue weighted by Gasteiger charge is -2.26. The van der Waals surface area contributed by atoms with Gasteiger partial charge in [0.25, 0.3) is 0 Å². The first kappa shape index (κ1) is 22.2. The number of carbonyl (C=O) groups excluding carboxylic acids is 1. The summed E-state index contributed by atoms with van der Waals surface area (Å²) in [5, 5.41) is 3.01. The molecule has 2 fully saturated rings. The lowest BCUT2D eigenvalue weighted by atomic mass is 9.98. The number of piperidine rings is 1. The zero-order valence-corrected chi connectivity index (χ0v) is 16.5. The van der Waals surface area contributed by atoms with Gasteiger partial charge in [-0.15, -0.1) is 24.8 Å². The van der Waals surface area contributed by atoms with E-state index in [2.05, 4.69) is 34.5 Å². The molecule has 3 N–H and O–H groups in total. The number of hydrogen-bond donors (Lipinski definition) is 2. The Morgan fingerprint density at radius 2 is 1.52 bits per heavy atom. The van der Waals surface area contributed by atoms with Crippen molar-refractivity contribution in [3.8, 4) is 0 Å². The minimum Gasteiger partial charge on any atom is -0.350 e. The van der Waals surface area contributed by atoms with E-state index in [1.807, 2.05) is 0 Å². The van der Waals surface area contributed by atoms with E-state index in [9.17, 15) is 4.79 Å². The van der Waals surface area contributed by atoms with Crippen LogP contribution in [0.15, 0.2) is 24.3 Å².